The number of rotatable bonds is 18. The van der Waals surface area contributed by atoms with Gasteiger partial charge in [-0.25, -0.2) is 4.79 Å². The highest BCUT2D eigenvalue weighted by molar-refractivity contribution is 6.36. The molecular weight excluding hydrogens is 773 g/mol. The summed E-state index contributed by atoms with van der Waals surface area (Å²) in [5, 5.41) is 4.28. The SMILES string of the molecule is CCc1cc(Cl)c(CC(OC(=O)Cc2cccc(CNC(C(=O)OC3CN4CCC3CC4)c3ccccc3)c2)c2ccc(OC(F)F)c(OCC3CC3)c2)c(Cl)c1. The number of ether oxygens (including phenoxy) is 4. The van der Waals surface area contributed by atoms with Gasteiger partial charge in [0, 0.05) is 29.6 Å². The molecular formula is C45H48Cl2F2N2O6. The molecule has 8 rings (SSSR count). The Hall–Kier alpha value is -4.22. The van der Waals surface area contributed by atoms with Crippen LogP contribution in [0, 0.1) is 11.8 Å². The van der Waals surface area contributed by atoms with Crippen LogP contribution >= 0.6 is 23.2 Å². The van der Waals surface area contributed by atoms with Crippen LogP contribution in [-0.2, 0) is 44.9 Å². The van der Waals surface area contributed by atoms with Crippen molar-refractivity contribution in [2.75, 3.05) is 26.2 Å². The summed E-state index contributed by atoms with van der Waals surface area (Å²) in [6.07, 6.45) is 3.91. The van der Waals surface area contributed by atoms with Crippen molar-refractivity contribution >= 4 is 35.1 Å². The quantitative estimate of drug-likeness (QED) is 0.0995. The summed E-state index contributed by atoms with van der Waals surface area (Å²) in [6.45, 7) is 2.56. The zero-order valence-corrected chi connectivity index (χ0v) is 33.5. The first kappa shape index (κ1) is 41.0. The average molecular weight is 822 g/mol. The van der Waals surface area contributed by atoms with Crippen molar-refractivity contribution in [3.05, 3.63) is 128 Å². The number of aryl methyl sites for hydroxylation is 1. The van der Waals surface area contributed by atoms with Crippen LogP contribution in [0.1, 0.15) is 78.1 Å². The minimum Gasteiger partial charge on any atom is -0.489 e. The Balaban J connectivity index is 1.07. The zero-order valence-electron chi connectivity index (χ0n) is 31.9. The van der Waals surface area contributed by atoms with E-state index in [1.54, 1.807) is 12.1 Å². The minimum atomic E-state index is -3.04. The normalized spacial score (nSPS) is 19.9. The number of piperidine rings is 3. The van der Waals surface area contributed by atoms with E-state index in [0.717, 1.165) is 68.4 Å². The third-order valence-corrected chi connectivity index (χ3v) is 11.8. The van der Waals surface area contributed by atoms with Gasteiger partial charge < -0.3 is 18.9 Å². The van der Waals surface area contributed by atoms with E-state index in [1.807, 2.05) is 73.7 Å². The average Bonchev–Trinajstić information content (AvgIpc) is 4.04. The minimum absolute atomic E-state index is 0.0537. The molecule has 4 aliphatic rings. The Morgan fingerprint density at radius 3 is 2.25 bits per heavy atom. The number of hydrogen-bond donors (Lipinski definition) is 1. The maximum Gasteiger partial charge on any atom is 0.387 e. The van der Waals surface area contributed by atoms with Gasteiger partial charge in [-0.05, 0) is 115 Å². The maximum absolute atomic E-state index is 13.7. The molecule has 0 amide bonds. The molecule has 1 saturated carbocycles. The predicted molar refractivity (Wildman–Crippen MR) is 215 cm³/mol. The van der Waals surface area contributed by atoms with Gasteiger partial charge in [-0.3, -0.25) is 15.0 Å². The zero-order chi connectivity index (χ0) is 39.9. The summed E-state index contributed by atoms with van der Waals surface area (Å²) in [5.41, 5.74) is 4.46. The van der Waals surface area contributed by atoms with Crippen LogP contribution < -0.4 is 14.8 Å². The van der Waals surface area contributed by atoms with Crippen molar-refractivity contribution in [2.45, 2.75) is 83.3 Å². The Morgan fingerprint density at radius 2 is 1.58 bits per heavy atom. The van der Waals surface area contributed by atoms with Gasteiger partial charge in [0.05, 0.1) is 13.0 Å². The lowest BCUT2D eigenvalue weighted by Crippen LogP contribution is -2.52. The molecule has 302 valence electrons. The van der Waals surface area contributed by atoms with Crippen molar-refractivity contribution in [3.8, 4) is 11.5 Å². The summed E-state index contributed by atoms with van der Waals surface area (Å²) < 4.78 is 49.7. The first-order valence-corrected chi connectivity index (χ1v) is 20.5. The van der Waals surface area contributed by atoms with Crippen molar-refractivity contribution in [3.63, 3.8) is 0 Å². The standard InChI is InChI=1S/C45H48Cl2F2N2O6/c1-2-28-20-36(46)35(37(47)21-28)24-39(34-13-14-38(57-45(48)49)40(23-34)54-27-29-11-12-29)55-42(52)22-30-7-6-8-31(19-30)25-50-43(33-9-4-3-5-10-33)44(53)56-41-26-51-17-15-32(41)16-18-51/h3-10,13-14,19-21,23,29,32,39,41,43,45,50H,2,11-12,15-18,22,24-27H2,1H3. The van der Waals surface area contributed by atoms with Crippen LogP contribution in [0.2, 0.25) is 10.0 Å². The van der Waals surface area contributed by atoms with Crippen LogP contribution in [0.4, 0.5) is 8.78 Å². The molecule has 3 saturated heterocycles. The molecule has 2 bridgehead atoms. The van der Waals surface area contributed by atoms with Crippen LogP contribution in [0.15, 0.2) is 84.9 Å². The molecule has 57 heavy (non-hydrogen) atoms. The van der Waals surface area contributed by atoms with Crippen molar-refractivity contribution in [1.29, 1.82) is 0 Å². The number of fused-ring (bicyclic) bond motifs is 3. The van der Waals surface area contributed by atoms with Crippen molar-refractivity contribution < 1.29 is 37.3 Å². The second-order valence-corrected chi connectivity index (χ2v) is 16.1. The summed E-state index contributed by atoms with van der Waals surface area (Å²) in [5.74, 6) is -0.0285. The first-order chi connectivity index (χ1) is 27.6. The van der Waals surface area contributed by atoms with E-state index >= 15 is 0 Å². The molecule has 3 heterocycles. The molecule has 4 aromatic carbocycles. The van der Waals surface area contributed by atoms with Gasteiger partial charge in [0.2, 0.25) is 0 Å². The fourth-order valence-corrected chi connectivity index (χ4v) is 8.36. The fraction of sp³-hybridized carbons (Fsp3) is 0.422. The van der Waals surface area contributed by atoms with Crippen LogP contribution in [0.3, 0.4) is 0 Å². The number of halogens is 4. The lowest BCUT2D eigenvalue weighted by Gasteiger charge is -2.44. The van der Waals surface area contributed by atoms with Crippen molar-refractivity contribution in [2.24, 2.45) is 11.8 Å². The highest BCUT2D eigenvalue weighted by Crippen LogP contribution is 2.39. The molecule has 8 nitrogen and oxygen atoms in total. The predicted octanol–water partition coefficient (Wildman–Crippen LogP) is 9.48. The van der Waals surface area contributed by atoms with E-state index in [0.29, 0.717) is 51.7 Å². The molecule has 3 atom stereocenters. The number of alkyl halides is 2. The van der Waals surface area contributed by atoms with Gasteiger partial charge in [-0.15, -0.1) is 0 Å². The van der Waals surface area contributed by atoms with E-state index in [2.05, 4.69) is 10.2 Å². The smallest absolute Gasteiger partial charge is 0.387 e. The second-order valence-electron chi connectivity index (χ2n) is 15.2. The van der Waals surface area contributed by atoms with Gasteiger partial charge in [0.15, 0.2) is 11.5 Å². The number of carbonyl (C=O) groups excluding carboxylic acids is 2. The van der Waals surface area contributed by atoms with Gasteiger partial charge in [0.1, 0.15) is 18.2 Å². The van der Waals surface area contributed by atoms with Crippen LogP contribution in [-0.4, -0.2) is 55.8 Å². The maximum atomic E-state index is 13.7. The first-order valence-electron chi connectivity index (χ1n) is 19.8. The Labute approximate surface area is 342 Å². The molecule has 4 fully saturated rings. The molecule has 12 heteroatoms. The Kier molecular flexibility index (Phi) is 13.7. The third-order valence-electron chi connectivity index (χ3n) is 11.1. The fourth-order valence-electron chi connectivity index (χ4n) is 7.67. The lowest BCUT2D eigenvalue weighted by atomic mass is 9.86. The summed E-state index contributed by atoms with van der Waals surface area (Å²) in [7, 11) is 0. The molecule has 0 radical (unpaired) electrons. The molecule has 3 unspecified atom stereocenters. The van der Waals surface area contributed by atoms with Gasteiger partial charge >= 0.3 is 18.6 Å². The summed E-state index contributed by atoms with van der Waals surface area (Å²) in [6, 6.07) is 24.7. The molecule has 1 N–H and O–H groups in total. The number of nitrogens with zero attached hydrogens (tertiary/aromatic N) is 1. The van der Waals surface area contributed by atoms with Crippen LogP contribution in [0.25, 0.3) is 0 Å². The molecule has 1 aliphatic carbocycles. The van der Waals surface area contributed by atoms with E-state index in [4.69, 9.17) is 42.1 Å². The summed E-state index contributed by atoms with van der Waals surface area (Å²) in [4.78, 5) is 29.8. The number of benzene rings is 4. The van der Waals surface area contributed by atoms with Gasteiger partial charge in [-0.1, -0.05) is 90.8 Å². The molecule has 0 aromatic heterocycles. The van der Waals surface area contributed by atoms with E-state index in [1.165, 1.54) is 6.07 Å². The number of nitrogens with one attached hydrogen (secondary N) is 1. The highest BCUT2D eigenvalue weighted by atomic mass is 35.5. The monoisotopic (exact) mass is 820 g/mol. The molecule has 3 aliphatic heterocycles. The number of hydrogen-bond acceptors (Lipinski definition) is 8. The third kappa shape index (κ3) is 11.0. The van der Waals surface area contributed by atoms with Gasteiger partial charge in [-0.2, -0.15) is 8.78 Å². The van der Waals surface area contributed by atoms with E-state index < -0.39 is 24.7 Å². The second kappa shape index (κ2) is 19.0. The van der Waals surface area contributed by atoms with Crippen LogP contribution in [0.5, 0.6) is 11.5 Å². The number of esters is 2. The largest absolute Gasteiger partial charge is 0.489 e. The van der Waals surface area contributed by atoms with Crippen molar-refractivity contribution in [1.82, 2.24) is 10.2 Å². The Morgan fingerprint density at radius 1 is 0.842 bits per heavy atom. The topological polar surface area (TPSA) is 86.3 Å². The lowest BCUT2D eigenvalue weighted by molar-refractivity contribution is -0.161. The van der Waals surface area contributed by atoms with Gasteiger partial charge in [0.25, 0.3) is 0 Å². The molecule has 4 aromatic rings. The summed E-state index contributed by atoms with van der Waals surface area (Å²) >= 11 is 13.4. The number of carbonyl (C=O) groups is 2. The van der Waals surface area contributed by atoms with E-state index in [-0.39, 0.29) is 36.4 Å². The van der Waals surface area contributed by atoms with E-state index in [9.17, 15) is 18.4 Å². The Bertz CT molecular complexity index is 1980. The molecule has 0 spiro atoms. The highest BCUT2D eigenvalue weighted by Gasteiger charge is 2.38.